The van der Waals surface area contributed by atoms with Gasteiger partial charge in [-0.3, -0.25) is 0 Å². The number of ether oxygens (including phenoxy) is 2. The summed E-state index contributed by atoms with van der Waals surface area (Å²) in [6, 6.07) is 0. The number of methoxy groups -OCH3 is 1. The molecule has 0 saturated carbocycles. The van der Waals surface area contributed by atoms with Gasteiger partial charge in [-0.1, -0.05) is 90.4 Å². The van der Waals surface area contributed by atoms with E-state index in [0.717, 1.165) is 12.8 Å². The van der Waals surface area contributed by atoms with Gasteiger partial charge in [-0.25, -0.2) is 4.79 Å². The number of carbonyl (C=O) groups is 1. The zero-order valence-corrected chi connectivity index (χ0v) is 22.1. The highest BCUT2D eigenvalue weighted by Gasteiger charge is 2.18. The number of unbranched alkanes of at least 4 members (excludes halogenated alkanes) is 13. The van der Waals surface area contributed by atoms with Crippen LogP contribution in [0.3, 0.4) is 0 Å². The van der Waals surface area contributed by atoms with Gasteiger partial charge in [0, 0.05) is 6.54 Å². The van der Waals surface area contributed by atoms with E-state index in [1.807, 2.05) is 19.0 Å². The van der Waals surface area contributed by atoms with Gasteiger partial charge in [-0.05, 0) is 26.9 Å². The van der Waals surface area contributed by atoms with Crippen molar-refractivity contribution in [3.05, 3.63) is 0 Å². The molecule has 32 heavy (non-hydrogen) atoms. The average Bonchev–Trinajstić information content (AvgIpc) is 2.77. The Kier molecular flexibility index (Phi) is 23.3. The Morgan fingerprint density at radius 1 is 0.844 bits per heavy atom. The third kappa shape index (κ3) is 22.7. The first-order valence-corrected chi connectivity index (χ1v) is 13.8. The van der Waals surface area contributed by atoms with E-state index >= 15 is 0 Å². The van der Waals surface area contributed by atoms with Gasteiger partial charge in [0.1, 0.15) is 6.10 Å². The molecule has 0 aromatic carbocycles. The molecule has 0 spiro atoms. The molecule has 0 bridgehead atoms. The Hall–Kier alpha value is -0.460. The van der Waals surface area contributed by atoms with Crippen molar-refractivity contribution in [2.24, 2.45) is 0 Å². The first-order valence-electron chi connectivity index (χ1n) is 12.6. The van der Waals surface area contributed by atoms with Gasteiger partial charge in [0.2, 0.25) is 0 Å². The maximum Gasteiger partial charge on any atom is 0.508 e. The number of carbonyl (C=O) groups excluding carboxylic acids is 1. The Morgan fingerprint density at radius 2 is 1.34 bits per heavy atom. The maximum absolute atomic E-state index is 11.5. The Bertz CT molecular complexity index is 414. The molecule has 0 fully saturated rings. The fourth-order valence-corrected chi connectivity index (χ4v) is 4.02. The number of likely N-dealkylation sites (N-methyl/N-ethyl adjacent to an activating group) is 1. The fraction of sp³-hybridized carbons (Fsp3) is 0.958. The molecule has 2 atom stereocenters. The molecule has 0 rings (SSSR count). The van der Waals surface area contributed by atoms with Crippen molar-refractivity contribution in [3.63, 3.8) is 0 Å². The van der Waals surface area contributed by atoms with Crippen molar-refractivity contribution in [3.8, 4) is 0 Å². The summed E-state index contributed by atoms with van der Waals surface area (Å²) in [6.07, 6.45) is 17.7. The van der Waals surface area contributed by atoms with Crippen LogP contribution in [0.2, 0.25) is 0 Å². The van der Waals surface area contributed by atoms with Crippen LogP contribution in [0.4, 0.5) is 4.79 Å². The lowest BCUT2D eigenvalue weighted by Gasteiger charge is -2.19. The van der Waals surface area contributed by atoms with Crippen LogP contribution in [-0.4, -0.2) is 63.0 Å². The molecule has 0 aliphatic rings. The van der Waals surface area contributed by atoms with E-state index in [1.54, 1.807) is 0 Å². The highest BCUT2D eigenvalue weighted by Crippen LogP contribution is 2.33. The van der Waals surface area contributed by atoms with E-state index in [4.69, 9.17) is 13.8 Å². The average molecular weight is 480 g/mol. The molecular weight excluding hydrogens is 429 g/mol. The summed E-state index contributed by atoms with van der Waals surface area (Å²) < 4.78 is 20.4. The van der Waals surface area contributed by atoms with Crippen molar-refractivity contribution in [2.75, 3.05) is 41.0 Å². The molecule has 0 amide bonds. The second-order valence-electron chi connectivity index (χ2n) is 8.75. The van der Waals surface area contributed by atoms with E-state index in [-0.39, 0.29) is 6.61 Å². The Morgan fingerprint density at radius 3 is 1.81 bits per heavy atom. The minimum atomic E-state index is -1.97. The van der Waals surface area contributed by atoms with Crippen molar-refractivity contribution in [1.29, 1.82) is 0 Å². The van der Waals surface area contributed by atoms with Crippen molar-refractivity contribution in [2.45, 2.75) is 109 Å². The van der Waals surface area contributed by atoms with Crippen LogP contribution in [-0.2, 0) is 18.5 Å². The molecule has 2 unspecified atom stereocenters. The van der Waals surface area contributed by atoms with Gasteiger partial charge in [0.25, 0.3) is 0 Å². The lowest BCUT2D eigenvalue weighted by molar-refractivity contribution is 0.0100. The van der Waals surface area contributed by atoms with E-state index < -0.39 is 20.9 Å². The van der Waals surface area contributed by atoms with Crippen LogP contribution in [0.1, 0.15) is 103 Å². The molecule has 0 aromatic rings. The monoisotopic (exact) mass is 479 g/mol. The van der Waals surface area contributed by atoms with E-state index in [0.29, 0.717) is 19.6 Å². The third-order valence-electron chi connectivity index (χ3n) is 5.42. The SMILES string of the molecule is CCCCCCCCCCCCCCCCC(COP(O)OCCN(C)C)OC(=O)OC. The Labute approximate surface area is 198 Å². The number of nitrogens with zero attached hydrogens (tertiary/aromatic N) is 1. The standard InChI is InChI=1S/C24H50NO6P/c1-5-6-7-8-9-10-11-12-13-14-15-16-17-18-19-23(31-24(26)28-4)22-30-32(27)29-21-20-25(2)3/h23,27H,5-22H2,1-4H3. The third-order valence-corrected chi connectivity index (χ3v) is 6.19. The molecule has 0 aliphatic heterocycles. The zero-order valence-electron chi connectivity index (χ0n) is 21.2. The summed E-state index contributed by atoms with van der Waals surface area (Å²) in [5.74, 6) is 0. The molecule has 0 aromatic heterocycles. The molecule has 1 N–H and O–H groups in total. The summed E-state index contributed by atoms with van der Waals surface area (Å²) in [7, 11) is 3.18. The van der Waals surface area contributed by atoms with E-state index in [9.17, 15) is 9.69 Å². The van der Waals surface area contributed by atoms with Gasteiger partial charge in [-0.15, -0.1) is 0 Å². The number of rotatable bonds is 23. The molecule has 7 nitrogen and oxygen atoms in total. The summed E-state index contributed by atoms with van der Waals surface area (Å²) in [4.78, 5) is 23.3. The van der Waals surface area contributed by atoms with Crippen LogP contribution in [0.5, 0.6) is 0 Å². The molecule has 0 heterocycles. The summed E-state index contributed by atoms with van der Waals surface area (Å²) >= 11 is 0. The predicted octanol–water partition coefficient (Wildman–Crippen LogP) is 6.82. The molecule has 0 aliphatic carbocycles. The van der Waals surface area contributed by atoms with Gasteiger partial charge in [-0.2, -0.15) is 0 Å². The smallest absolute Gasteiger partial charge is 0.438 e. The van der Waals surface area contributed by atoms with Crippen molar-refractivity contribution in [1.82, 2.24) is 4.90 Å². The fourth-order valence-electron chi connectivity index (χ4n) is 3.41. The highest BCUT2D eigenvalue weighted by molar-refractivity contribution is 7.40. The largest absolute Gasteiger partial charge is 0.508 e. The quantitative estimate of drug-likeness (QED) is 0.0978. The van der Waals surface area contributed by atoms with Crippen LogP contribution in [0, 0.1) is 0 Å². The van der Waals surface area contributed by atoms with Gasteiger partial charge in [0.05, 0.1) is 20.3 Å². The predicted molar refractivity (Wildman–Crippen MR) is 132 cm³/mol. The minimum absolute atomic E-state index is 0.109. The second kappa shape index (κ2) is 23.7. The highest BCUT2D eigenvalue weighted by atomic mass is 31.2. The molecular formula is C24H50NO6P. The van der Waals surface area contributed by atoms with Crippen LogP contribution < -0.4 is 0 Å². The zero-order chi connectivity index (χ0) is 23.9. The minimum Gasteiger partial charge on any atom is -0.438 e. The van der Waals surface area contributed by atoms with Gasteiger partial charge < -0.3 is 28.3 Å². The van der Waals surface area contributed by atoms with Gasteiger partial charge in [0.15, 0.2) is 0 Å². The normalized spacial score (nSPS) is 13.3. The lowest BCUT2D eigenvalue weighted by Crippen LogP contribution is -2.23. The molecule has 8 heteroatoms. The summed E-state index contributed by atoms with van der Waals surface area (Å²) in [5, 5.41) is 0. The second-order valence-corrected chi connectivity index (χ2v) is 9.74. The molecule has 0 radical (unpaired) electrons. The van der Waals surface area contributed by atoms with Crippen LogP contribution >= 0.6 is 8.60 Å². The van der Waals surface area contributed by atoms with E-state index in [1.165, 1.54) is 84.2 Å². The molecule has 192 valence electrons. The summed E-state index contributed by atoms with van der Waals surface area (Å²) in [5.41, 5.74) is 0. The number of hydrogen-bond acceptors (Lipinski definition) is 7. The van der Waals surface area contributed by atoms with E-state index in [2.05, 4.69) is 11.7 Å². The lowest BCUT2D eigenvalue weighted by atomic mass is 10.0. The topological polar surface area (TPSA) is 77.5 Å². The number of hydrogen-bond donors (Lipinski definition) is 1. The van der Waals surface area contributed by atoms with Crippen LogP contribution in [0.25, 0.3) is 0 Å². The first-order chi connectivity index (χ1) is 15.5. The summed E-state index contributed by atoms with van der Waals surface area (Å²) in [6.45, 7) is 3.46. The van der Waals surface area contributed by atoms with Crippen molar-refractivity contribution >= 4 is 14.8 Å². The van der Waals surface area contributed by atoms with Gasteiger partial charge >= 0.3 is 14.8 Å². The molecule has 0 saturated heterocycles. The first kappa shape index (κ1) is 31.5. The van der Waals surface area contributed by atoms with Crippen LogP contribution in [0.15, 0.2) is 0 Å². The van der Waals surface area contributed by atoms with Crippen molar-refractivity contribution < 1.29 is 28.2 Å². The maximum atomic E-state index is 11.5. The Balaban J connectivity index is 3.74.